The number of halogens is 2. The maximum atomic E-state index is 12.5. The number of H-pyrrole nitrogens is 1. The Bertz CT molecular complexity index is 1180. The van der Waals surface area contributed by atoms with E-state index >= 15 is 0 Å². The quantitative estimate of drug-likeness (QED) is 0.242. The molecule has 150 valence electrons. The number of para-hydroxylation sites is 1. The Hall–Kier alpha value is -2.82. The Balaban J connectivity index is 1.68. The fraction of sp³-hybridized carbons (Fsp3) is 0.136. The van der Waals surface area contributed by atoms with Crippen LogP contribution < -0.4 is 10.1 Å². The van der Waals surface area contributed by atoms with E-state index in [4.69, 9.17) is 10.00 Å². The molecule has 0 aliphatic carbocycles. The molecule has 1 amide bonds. The summed E-state index contributed by atoms with van der Waals surface area (Å²) in [6.07, 6.45) is 4.12. The number of carbonyl (C=O) groups is 1. The minimum atomic E-state index is -0.423. The summed E-state index contributed by atoms with van der Waals surface area (Å²) in [5, 5.41) is 22.0. The fourth-order valence-electron chi connectivity index (χ4n) is 2.96. The highest BCUT2D eigenvalue weighted by Crippen LogP contribution is 2.32. The second-order valence-electron chi connectivity index (χ2n) is 6.30. The zero-order valence-corrected chi connectivity index (χ0v) is 19.5. The number of fused-ring (bicyclic) bond motifs is 1. The number of ether oxygens (including phenoxy) is 1. The van der Waals surface area contributed by atoms with Crippen molar-refractivity contribution in [2.75, 3.05) is 13.2 Å². The first-order valence-corrected chi connectivity index (χ1v) is 10.8. The predicted molar refractivity (Wildman–Crippen MR) is 127 cm³/mol. The highest BCUT2D eigenvalue weighted by atomic mass is 127. The Morgan fingerprint density at radius 1 is 1.30 bits per heavy atom. The maximum absolute atomic E-state index is 12.5. The molecular formula is C22H16BrIN4O2. The molecule has 0 atom stereocenters. The molecule has 2 N–H and O–H groups in total. The molecule has 6 nitrogen and oxygen atoms in total. The van der Waals surface area contributed by atoms with Crippen molar-refractivity contribution in [3.63, 3.8) is 0 Å². The van der Waals surface area contributed by atoms with Gasteiger partial charge in [-0.05, 0) is 80.3 Å². The monoisotopic (exact) mass is 574 g/mol. The molecule has 0 fully saturated rings. The molecule has 0 saturated carbocycles. The van der Waals surface area contributed by atoms with E-state index in [1.807, 2.05) is 42.6 Å². The van der Waals surface area contributed by atoms with Crippen LogP contribution in [0.15, 0.2) is 52.6 Å². The van der Waals surface area contributed by atoms with Crippen molar-refractivity contribution in [1.29, 1.82) is 10.5 Å². The van der Waals surface area contributed by atoms with Crippen LogP contribution in [-0.2, 0) is 11.2 Å². The lowest BCUT2D eigenvalue weighted by Gasteiger charge is -2.09. The van der Waals surface area contributed by atoms with Gasteiger partial charge < -0.3 is 15.0 Å². The number of nitriles is 2. The van der Waals surface area contributed by atoms with E-state index in [2.05, 4.69) is 48.8 Å². The van der Waals surface area contributed by atoms with E-state index < -0.39 is 5.91 Å². The number of carbonyl (C=O) groups excluding carboxylic acids is 1. The first kappa shape index (κ1) is 21.9. The van der Waals surface area contributed by atoms with Crippen LogP contribution in [0, 0.1) is 26.2 Å². The van der Waals surface area contributed by atoms with Crippen LogP contribution in [0.1, 0.15) is 11.1 Å². The summed E-state index contributed by atoms with van der Waals surface area (Å²) in [6.45, 7) is 0.355. The number of nitrogens with one attached hydrogen (secondary N) is 2. The van der Waals surface area contributed by atoms with Gasteiger partial charge in [0.1, 0.15) is 23.5 Å². The number of amides is 1. The van der Waals surface area contributed by atoms with Gasteiger partial charge >= 0.3 is 0 Å². The Morgan fingerprint density at radius 3 is 2.83 bits per heavy atom. The molecule has 3 aromatic rings. The van der Waals surface area contributed by atoms with Gasteiger partial charge in [-0.1, -0.05) is 18.2 Å². The summed E-state index contributed by atoms with van der Waals surface area (Å²) in [5.41, 5.74) is 2.86. The third kappa shape index (κ3) is 5.21. The molecule has 0 unspecified atom stereocenters. The minimum Gasteiger partial charge on any atom is -0.476 e. The summed E-state index contributed by atoms with van der Waals surface area (Å²) < 4.78 is 6.80. The van der Waals surface area contributed by atoms with Crippen molar-refractivity contribution in [2.24, 2.45) is 0 Å². The van der Waals surface area contributed by atoms with Crippen LogP contribution in [0.3, 0.4) is 0 Å². The molecule has 1 heterocycles. The lowest BCUT2D eigenvalue weighted by Crippen LogP contribution is -2.26. The van der Waals surface area contributed by atoms with Crippen molar-refractivity contribution in [3.05, 3.63) is 67.3 Å². The van der Waals surface area contributed by atoms with Crippen molar-refractivity contribution < 1.29 is 9.53 Å². The standard InChI is InChI=1S/C22H16BrIN4O2/c23-18-10-14(11-19(24)21(18)30-8-6-25)9-16(12-26)22(29)27-7-5-15-13-28-20-4-2-1-3-17(15)20/h1-4,9-11,13,28H,5,7-8H2,(H,27,29)/b16-9-. The normalized spacial score (nSPS) is 11.0. The third-order valence-electron chi connectivity index (χ3n) is 4.33. The molecule has 0 spiro atoms. The topological polar surface area (TPSA) is 102 Å². The molecule has 3 rings (SSSR count). The van der Waals surface area contributed by atoms with Crippen LogP contribution in [0.4, 0.5) is 0 Å². The van der Waals surface area contributed by atoms with E-state index in [1.165, 1.54) is 6.08 Å². The SMILES string of the molecule is N#CCOc1c(Br)cc(/C=C(/C#N)C(=O)NCCc2c[nH]c3ccccc23)cc1I. The van der Waals surface area contributed by atoms with Crippen LogP contribution in [0.5, 0.6) is 5.75 Å². The second-order valence-corrected chi connectivity index (χ2v) is 8.31. The summed E-state index contributed by atoms with van der Waals surface area (Å²) in [5.74, 6) is 0.129. The number of aromatic nitrogens is 1. The third-order valence-corrected chi connectivity index (χ3v) is 5.72. The molecule has 0 aliphatic heterocycles. The van der Waals surface area contributed by atoms with Crippen LogP contribution >= 0.6 is 38.5 Å². The first-order chi connectivity index (χ1) is 14.5. The zero-order valence-electron chi connectivity index (χ0n) is 15.7. The molecular weight excluding hydrogens is 559 g/mol. The summed E-state index contributed by atoms with van der Waals surface area (Å²) in [7, 11) is 0. The number of benzene rings is 2. The number of aromatic amines is 1. The van der Waals surface area contributed by atoms with E-state index in [1.54, 1.807) is 12.1 Å². The Morgan fingerprint density at radius 2 is 2.10 bits per heavy atom. The molecule has 2 aromatic carbocycles. The highest BCUT2D eigenvalue weighted by Gasteiger charge is 2.12. The van der Waals surface area contributed by atoms with Crippen molar-refractivity contribution in [3.8, 4) is 17.9 Å². The van der Waals surface area contributed by atoms with E-state index in [9.17, 15) is 10.1 Å². The second kappa shape index (κ2) is 10.3. The van der Waals surface area contributed by atoms with Gasteiger partial charge in [0.25, 0.3) is 5.91 Å². The molecule has 30 heavy (non-hydrogen) atoms. The summed E-state index contributed by atoms with van der Waals surface area (Å²) in [4.78, 5) is 15.7. The fourth-order valence-corrected chi connectivity index (χ4v) is 4.73. The van der Waals surface area contributed by atoms with Crippen LogP contribution in [-0.4, -0.2) is 24.0 Å². The summed E-state index contributed by atoms with van der Waals surface area (Å²) >= 11 is 5.49. The smallest absolute Gasteiger partial charge is 0.261 e. The van der Waals surface area contributed by atoms with Crippen LogP contribution in [0.2, 0.25) is 0 Å². The maximum Gasteiger partial charge on any atom is 0.261 e. The van der Waals surface area contributed by atoms with Crippen LogP contribution in [0.25, 0.3) is 17.0 Å². The molecule has 0 bridgehead atoms. The molecule has 1 aromatic heterocycles. The van der Waals surface area contributed by atoms with Gasteiger partial charge in [0.2, 0.25) is 0 Å². The number of rotatable bonds is 7. The van der Waals surface area contributed by atoms with E-state index in [0.717, 1.165) is 20.0 Å². The van der Waals surface area contributed by atoms with Gasteiger partial charge in [0.05, 0.1) is 8.04 Å². The minimum absolute atomic E-state index is 0.0160. The van der Waals surface area contributed by atoms with E-state index in [-0.39, 0.29) is 12.2 Å². The van der Waals surface area contributed by atoms with Gasteiger partial charge in [-0.3, -0.25) is 4.79 Å². The van der Waals surface area contributed by atoms with Gasteiger partial charge in [0, 0.05) is 23.6 Å². The molecule has 0 radical (unpaired) electrons. The van der Waals surface area contributed by atoms with Gasteiger partial charge in [-0.25, -0.2) is 0 Å². The summed E-state index contributed by atoms with van der Waals surface area (Å²) in [6, 6.07) is 15.4. The van der Waals surface area contributed by atoms with Gasteiger partial charge in [-0.2, -0.15) is 10.5 Å². The van der Waals surface area contributed by atoms with Gasteiger partial charge in [-0.15, -0.1) is 0 Å². The molecule has 0 saturated heterocycles. The molecule has 8 heteroatoms. The van der Waals surface area contributed by atoms with E-state index in [0.29, 0.717) is 28.8 Å². The molecule has 0 aliphatic rings. The lowest BCUT2D eigenvalue weighted by molar-refractivity contribution is -0.117. The number of hydrogen-bond donors (Lipinski definition) is 2. The average molecular weight is 575 g/mol. The lowest BCUT2D eigenvalue weighted by atomic mass is 10.1. The number of hydrogen-bond acceptors (Lipinski definition) is 4. The Kier molecular flexibility index (Phi) is 7.50. The predicted octanol–water partition coefficient (Wildman–Crippen LogP) is 4.70. The van der Waals surface area contributed by atoms with Crippen molar-refractivity contribution in [2.45, 2.75) is 6.42 Å². The van der Waals surface area contributed by atoms with Crippen molar-refractivity contribution >= 4 is 61.4 Å². The average Bonchev–Trinajstić information content (AvgIpc) is 3.14. The zero-order chi connectivity index (χ0) is 21.5. The Labute approximate surface area is 195 Å². The van der Waals surface area contributed by atoms with Gasteiger partial charge in [0.15, 0.2) is 6.61 Å². The van der Waals surface area contributed by atoms with Crippen molar-refractivity contribution in [1.82, 2.24) is 10.3 Å². The first-order valence-electron chi connectivity index (χ1n) is 8.97. The number of nitrogens with zero attached hydrogens (tertiary/aromatic N) is 2. The largest absolute Gasteiger partial charge is 0.476 e. The highest BCUT2D eigenvalue weighted by molar-refractivity contribution is 14.1.